The Bertz CT molecular complexity index is 620. The summed E-state index contributed by atoms with van der Waals surface area (Å²) in [5, 5.41) is 13.0. The molecule has 2 aromatic carbocycles. The van der Waals surface area contributed by atoms with Crippen LogP contribution < -0.4 is 5.32 Å². The highest BCUT2D eigenvalue weighted by atomic mass is 35.5. The molecular weight excluding hydrogens is 276 g/mol. The van der Waals surface area contributed by atoms with Gasteiger partial charge in [-0.25, -0.2) is 0 Å². The Morgan fingerprint density at radius 2 is 2.11 bits per heavy atom. The number of nitrogens with one attached hydrogen (secondary N) is 1. The lowest BCUT2D eigenvalue weighted by atomic mass is 10.1. The average Bonchev–Trinajstić information content (AvgIpc) is 2.41. The molecule has 96 valence electrons. The maximum atomic E-state index is 9.23. The van der Waals surface area contributed by atoms with Crippen LogP contribution in [0.25, 0.3) is 0 Å². The molecule has 0 saturated heterocycles. The number of nitrogens with zero attached hydrogens (tertiary/aromatic N) is 1. The Morgan fingerprint density at radius 3 is 2.79 bits per heavy atom. The van der Waals surface area contributed by atoms with E-state index in [1.54, 1.807) is 11.8 Å². The summed E-state index contributed by atoms with van der Waals surface area (Å²) in [5.41, 5.74) is 1.80. The van der Waals surface area contributed by atoms with Crippen molar-refractivity contribution in [2.24, 2.45) is 0 Å². The summed E-state index contributed by atoms with van der Waals surface area (Å²) in [4.78, 5) is 1.98. The fourth-order valence-corrected chi connectivity index (χ4v) is 2.92. The van der Waals surface area contributed by atoms with Crippen molar-refractivity contribution in [2.45, 2.75) is 16.3 Å². The predicted molar refractivity (Wildman–Crippen MR) is 79.5 cm³/mol. The van der Waals surface area contributed by atoms with E-state index in [-0.39, 0.29) is 0 Å². The number of rotatable bonds is 4. The van der Waals surface area contributed by atoms with Crippen molar-refractivity contribution in [3.8, 4) is 6.07 Å². The highest BCUT2D eigenvalue weighted by Crippen LogP contribution is 2.32. The van der Waals surface area contributed by atoms with Crippen molar-refractivity contribution in [1.29, 1.82) is 5.26 Å². The molecule has 0 heterocycles. The van der Waals surface area contributed by atoms with Gasteiger partial charge in [0.1, 0.15) is 6.07 Å². The molecule has 0 radical (unpaired) electrons. The zero-order valence-electron chi connectivity index (χ0n) is 10.5. The van der Waals surface area contributed by atoms with Gasteiger partial charge >= 0.3 is 0 Å². The first-order valence-electron chi connectivity index (χ1n) is 5.84. The van der Waals surface area contributed by atoms with Crippen LogP contribution in [0.2, 0.25) is 5.02 Å². The van der Waals surface area contributed by atoms with Crippen LogP contribution in [-0.2, 0) is 6.54 Å². The molecule has 19 heavy (non-hydrogen) atoms. The van der Waals surface area contributed by atoms with Crippen LogP contribution in [0.4, 0.5) is 0 Å². The molecule has 0 amide bonds. The van der Waals surface area contributed by atoms with Crippen LogP contribution in [0.15, 0.2) is 52.3 Å². The SMILES string of the molecule is CNCc1ccc(Sc2cccc(Cl)c2)c(C#N)c1. The van der Waals surface area contributed by atoms with Gasteiger partial charge in [-0.15, -0.1) is 0 Å². The fraction of sp³-hybridized carbons (Fsp3) is 0.133. The van der Waals surface area contributed by atoms with Crippen molar-refractivity contribution < 1.29 is 0 Å². The Morgan fingerprint density at radius 1 is 1.26 bits per heavy atom. The fourth-order valence-electron chi connectivity index (χ4n) is 1.73. The molecule has 0 aliphatic rings. The number of halogens is 1. The second-order valence-corrected chi connectivity index (χ2v) is 5.58. The van der Waals surface area contributed by atoms with Crippen LogP contribution in [0, 0.1) is 11.3 Å². The largest absolute Gasteiger partial charge is 0.316 e. The standard InChI is InChI=1S/C15H13ClN2S/c1-18-10-11-5-6-15(12(7-11)9-17)19-14-4-2-3-13(16)8-14/h2-8,18H,10H2,1H3. The van der Waals surface area contributed by atoms with E-state index in [1.165, 1.54) is 0 Å². The third-order valence-corrected chi connectivity index (χ3v) is 3.87. The van der Waals surface area contributed by atoms with Gasteiger partial charge in [0, 0.05) is 21.4 Å². The lowest BCUT2D eigenvalue weighted by Gasteiger charge is -2.07. The van der Waals surface area contributed by atoms with Crippen molar-refractivity contribution in [2.75, 3.05) is 7.05 Å². The summed E-state index contributed by atoms with van der Waals surface area (Å²) in [6.07, 6.45) is 0. The zero-order chi connectivity index (χ0) is 13.7. The summed E-state index contributed by atoms with van der Waals surface area (Å²) in [7, 11) is 1.89. The molecule has 1 N–H and O–H groups in total. The van der Waals surface area contributed by atoms with Gasteiger partial charge in [0.2, 0.25) is 0 Å². The molecule has 0 saturated carbocycles. The summed E-state index contributed by atoms with van der Waals surface area (Å²) >= 11 is 7.52. The minimum Gasteiger partial charge on any atom is -0.316 e. The van der Waals surface area contributed by atoms with Gasteiger partial charge in [-0.3, -0.25) is 0 Å². The van der Waals surface area contributed by atoms with Crippen molar-refractivity contribution in [3.63, 3.8) is 0 Å². The van der Waals surface area contributed by atoms with E-state index in [0.717, 1.165) is 21.9 Å². The molecule has 0 aliphatic carbocycles. The first-order chi connectivity index (χ1) is 9.22. The van der Waals surface area contributed by atoms with Crippen LogP contribution in [0.5, 0.6) is 0 Å². The highest BCUT2D eigenvalue weighted by Gasteiger charge is 2.06. The molecular formula is C15H13ClN2S. The van der Waals surface area contributed by atoms with Crippen molar-refractivity contribution in [1.82, 2.24) is 5.32 Å². The summed E-state index contributed by atoms with van der Waals surface area (Å²) in [5.74, 6) is 0. The molecule has 0 unspecified atom stereocenters. The van der Waals surface area contributed by atoms with E-state index in [2.05, 4.69) is 11.4 Å². The topological polar surface area (TPSA) is 35.8 Å². The lowest BCUT2D eigenvalue weighted by Crippen LogP contribution is -2.05. The van der Waals surface area contributed by atoms with Crippen molar-refractivity contribution in [3.05, 3.63) is 58.6 Å². The Hall–Kier alpha value is -1.47. The molecule has 4 heteroatoms. The summed E-state index contributed by atoms with van der Waals surface area (Å²) < 4.78 is 0. The summed E-state index contributed by atoms with van der Waals surface area (Å²) in [6.45, 7) is 0.761. The molecule has 2 aromatic rings. The molecule has 0 bridgehead atoms. The van der Waals surface area contributed by atoms with Crippen LogP contribution in [0.3, 0.4) is 0 Å². The number of nitriles is 1. The lowest BCUT2D eigenvalue weighted by molar-refractivity contribution is 0.816. The van der Waals surface area contributed by atoms with Crippen molar-refractivity contribution >= 4 is 23.4 Å². The minimum absolute atomic E-state index is 0.692. The quantitative estimate of drug-likeness (QED) is 0.921. The van der Waals surface area contributed by atoms with E-state index in [9.17, 15) is 5.26 Å². The van der Waals surface area contributed by atoms with Gasteiger partial charge in [0.15, 0.2) is 0 Å². The highest BCUT2D eigenvalue weighted by molar-refractivity contribution is 7.99. The minimum atomic E-state index is 0.692. The summed E-state index contributed by atoms with van der Waals surface area (Å²) in [6, 6.07) is 15.8. The van der Waals surface area contributed by atoms with Crippen LogP contribution >= 0.6 is 23.4 Å². The molecule has 0 aliphatic heterocycles. The van der Waals surface area contributed by atoms with E-state index in [4.69, 9.17) is 11.6 Å². The van der Waals surface area contributed by atoms with Gasteiger partial charge in [0.05, 0.1) is 5.56 Å². The molecule has 0 spiro atoms. The Balaban J connectivity index is 2.28. The third-order valence-electron chi connectivity index (χ3n) is 2.57. The van der Waals surface area contributed by atoms with Gasteiger partial charge in [0.25, 0.3) is 0 Å². The number of benzene rings is 2. The molecule has 0 fully saturated rings. The van der Waals surface area contributed by atoms with Crippen LogP contribution in [0.1, 0.15) is 11.1 Å². The monoisotopic (exact) mass is 288 g/mol. The van der Waals surface area contributed by atoms with E-state index in [1.807, 2.05) is 49.5 Å². The van der Waals surface area contributed by atoms with E-state index < -0.39 is 0 Å². The van der Waals surface area contributed by atoms with E-state index >= 15 is 0 Å². The Kier molecular flexibility index (Phi) is 4.86. The first kappa shape index (κ1) is 14.0. The maximum Gasteiger partial charge on any atom is 0.100 e. The normalized spacial score (nSPS) is 10.2. The average molecular weight is 289 g/mol. The second kappa shape index (κ2) is 6.63. The predicted octanol–water partition coefficient (Wildman–Crippen LogP) is 4.08. The zero-order valence-corrected chi connectivity index (χ0v) is 12.1. The van der Waals surface area contributed by atoms with Gasteiger partial charge < -0.3 is 5.32 Å². The maximum absolute atomic E-state index is 9.23. The van der Waals surface area contributed by atoms with Gasteiger partial charge in [-0.1, -0.05) is 35.5 Å². The molecule has 0 atom stereocenters. The molecule has 2 nitrogen and oxygen atoms in total. The van der Waals surface area contributed by atoms with E-state index in [0.29, 0.717) is 10.6 Å². The Labute approximate surface area is 122 Å². The van der Waals surface area contributed by atoms with Gasteiger partial charge in [-0.2, -0.15) is 5.26 Å². The first-order valence-corrected chi connectivity index (χ1v) is 7.03. The number of hydrogen-bond acceptors (Lipinski definition) is 3. The third kappa shape index (κ3) is 3.74. The number of hydrogen-bond donors (Lipinski definition) is 1. The van der Waals surface area contributed by atoms with Crippen LogP contribution in [-0.4, -0.2) is 7.05 Å². The van der Waals surface area contributed by atoms with Gasteiger partial charge in [-0.05, 0) is 42.9 Å². The molecule has 0 aromatic heterocycles. The smallest absolute Gasteiger partial charge is 0.100 e. The molecule has 2 rings (SSSR count). The second-order valence-electron chi connectivity index (χ2n) is 4.03.